The molecule has 0 aromatic heterocycles. The van der Waals surface area contributed by atoms with Crippen LogP contribution in [-0.4, -0.2) is 37.9 Å². The highest BCUT2D eigenvalue weighted by Gasteiger charge is 2.46. The zero-order chi connectivity index (χ0) is 14.5. The van der Waals surface area contributed by atoms with Crippen LogP contribution in [0.4, 0.5) is 13.2 Å². The summed E-state index contributed by atoms with van der Waals surface area (Å²) in [5.74, 6) is -1.36. The second-order valence-electron chi connectivity index (χ2n) is 4.99. The zero-order valence-electron chi connectivity index (χ0n) is 11.4. The molecule has 2 atom stereocenters. The van der Waals surface area contributed by atoms with E-state index in [1.165, 1.54) is 7.11 Å². The molecule has 1 aliphatic carbocycles. The molecule has 0 aliphatic heterocycles. The molecule has 1 fully saturated rings. The number of alkyl halides is 3. The van der Waals surface area contributed by atoms with Crippen molar-refractivity contribution in [3.05, 3.63) is 0 Å². The lowest BCUT2D eigenvalue weighted by molar-refractivity contribution is -0.175. The Morgan fingerprint density at radius 1 is 1.35 bits per heavy atom. The predicted molar refractivity (Wildman–Crippen MR) is 71.7 cm³/mol. The summed E-state index contributed by atoms with van der Waals surface area (Å²) >= 11 is 0. The second-order valence-corrected chi connectivity index (χ2v) is 4.99. The van der Waals surface area contributed by atoms with Crippen molar-refractivity contribution in [3.8, 4) is 0 Å². The largest absolute Gasteiger partial charge is 0.408 e. The third-order valence-electron chi connectivity index (χ3n) is 3.45. The van der Waals surface area contributed by atoms with Crippen molar-refractivity contribution >= 4 is 18.3 Å². The van der Waals surface area contributed by atoms with Crippen molar-refractivity contribution in [2.24, 2.45) is 11.7 Å². The van der Waals surface area contributed by atoms with E-state index >= 15 is 0 Å². The zero-order valence-corrected chi connectivity index (χ0v) is 12.2. The van der Waals surface area contributed by atoms with E-state index in [9.17, 15) is 18.0 Å². The van der Waals surface area contributed by atoms with Crippen molar-refractivity contribution < 1.29 is 22.7 Å². The Hall–Kier alpha value is -0.530. The number of methoxy groups -OCH3 is 1. The first kappa shape index (κ1) is 19.5. The summed E-state index contributed by atoms with van der Waals surface area (Å²) in [6, 6.07) is -2.87. The van der Waals surface area contributed by atoms with Gasteiger partial charge in [-0.1, -0.05) is 19.3 Å². The van der Waals surface area contributed by atoms with Gasteiger partial charge in [0, 0.05) is 7.11 Å². The van der Waals surface area contributed by atoms with Gasteiger partial charge in [-0.2, -0.15) is 13.2 Å². The lowest BCUT2D eigenvalue weighted by Crippen LogP contribution is -2.55. The summed E-state index contributed by atoms with van der Waals surface area (Å²) in [6.07, 6.45) is -0.953. The smallest absolute Gasteiger partial charge is 0.383 e. The first-order chi connectivity index (χ1) is 8.86. The first-order valence-electron chi connectivity index (χ1n) is 6.48. The Labute approximate surface area is 123 Å². The maximum absolute atomic E-state index is 13.0. The predicted octanol–water partition coefficient (Wildman–Crippen LogP) is 2.01. The molecule has 1 saturated carbocycles. The molecule has 4 nitrogen and oxygen atoms in total. The summed E-state index contributed by atoms with van der Waals surface area (Å²) in [4.78, 5) is 11.6. The molecule has 120 valence electrons. The van der Waals surface area contributed by atoms with E-state index in [0.29, 0.717) is 12.8 Å². The van der Waals surface area contributed by atoms with Crippen LogP contribution in [0, 0.1) is 5.92 Å². The molecule has 0 heterocycles. The molecule has 0 aromatic carbocycles. The molecule has 0 aromatic rings. The number of hydrogen-bond acceptors (Lipinski definition) is 3. The topological polar surface area (TPSA) is 64.3 Å². The van der Waals surface area contributed by atoms with Crippen LogP contribution in [0.2, 0.25) is 0 Å². The number of amides is 1. The minimum atomic E-state index is -4.44. The number of ether oxygens (including phenoxy) is 1. The van der Waals surface area contributed by atoms with Gasteiger partial charge in [-0.15, -0.1) is 12.4 Å². The van der Waals surface area contributed by atoms with Crippen LogP contribution in [0.15, 0.2) is 0 Å². The molecule has 0 radical (unpaired) electrons. The van der Waals surface area contributed by atoms with E-state index in [1.807, 2.05) is 5.32 Å². The summed E-state index contributed by atoms with van der Waals surface area (Å²) < 4.78 is 43.8. The van der Waals surface area contributed by atoms with Crippen LogP contribution in [0.5, 0.6) is 0 Å². The van der Waals surface area contributed by atoms with Crippen LogP contribution in [-0.2, 0) is 9.53 Å². The molecule has 8 heteroatoms. The van der Waals surface area contributed by atoms with Crippen LogP contribution >= 0.6 is 12.4 Å². The average molecular weight is 319 g/mol. The third kappa shape index (κ3) is 5.85. The van der Waals surface area contributed by atoms with Gasteiger partial charge in [0.1, 0.15) is 12.1 Å². The molecule has 1 rings (SSSR count). The van der Waals surface area contributed by atoms with Gasteiger partial charge in [-0.3, -0.25) is 4.79 Å². The first-order valence-corrected chi connectivity index (χ1v) is 6.48. The number of carbonyl (C=O) groups excluding carboxylic acids is 1. The lowest BCUT2D eigenvalue weighted by Gasteiger charge is -2.32. The van der Waals surface area contributed by atoms with E-state index in [2.05, 4.69) is 4.74 Å². The van der Waals surface area contributed by atoms with Gasteiger partial charge in [0.05, 0.1) is 6.61 Å². The third-order valence-corrected chi connectivity index (χ3v) is 3.45. The maximum atomic E-state index is 13.0. The Morgan fingerprint density at radius 3 is 2.35 bits per heavy atom. The molecule has 0 spiro atoms. The average Bonchev–Trinajstić information content (AvgIpc) is 2.35. The molecule has 1 aliphatic rings. The monoisotopic (exact) mass is 318 g/mol. The van der Waals surface area contributed by atoms with E-state index in [1.54, 1.807) is 0 Å². The molecule has 2 unspecified atom stereocenters. The van der Waals surface area contributed by atoms with E-state index in [0.717, 1.165) is 19.3 Å². The second kappa shape index (κ2) is 8.69. The van der Waals surface area contributed by atoms with E-state index in [-0.39, 0.29) is 19.0 Å². The SMILES string of the molecule is COCC(N)C(=O)NC(C1CCCCC1)C(F)(F)F.Cl. The quantitative estimate of drug-likeness (QED) is 0.815. The van der Waals surface area contributed by atoms with Gasteiger partial charge in [-0.25, -0.2) is 0 Å². The van der Waals surface area contributed by atoms with Crippen LogP contribution in [0.25, 0.3) is 0 Å². The number of carbonyl (C=O) groups is 1. The Morgan fingerprint density at radius 2 is 1.90 bits per heavy atom. The van der Waals surface area contributed by atoms with Gasteiger partial charge in [0.15, 0.2) is 0 Å². The van der Waals surface area contributed by atoms with E-state index in [4.69, 9.17) is 5.73 Å². The summed E-state index contributed by atoms with van der Waals surface area (Å²) in [5, 5.41) is 2.04. The van der Waals surface area contributed by atoms with Gasteiger partial charge in [-0.05, 0) is 18.8 Å². The van der Waals surface area contributed by atoms with Gasteiger partial charge in [0.2, 0.25) is 5.91 Å². The molecule has 20 heavy (non-hydrogen) atoms. The van der Waals surface area contributed by atoms with Crippen LogP contribution in [0.1, 0.15) is 32.1 Å². The minimum absolute atomic E-state index is 0. The lowest BCUT2D eigenvalue weighted by atomic mass is 9.83. The van der Waals surface area contributed by atoms with Crippen molar-refractivity contribution in [2.45, 2.75) is 50.4 Å². The van der Waals surface area contributed by atoms with Crippen molar-refractivity contribution in [3.63, 3.8) is 0 Å². The highest BCUT2D eigenvalue weighted by Crippen LogP contribution is 2.34. The van der Waals surface area contributed by atoms with Gasteiger partial charge < -0.3 is 15.8 Å². The summed E-state index contributed by atoms with van der Waals surface area (Å²) in [5.41, 5.74) is 5.44. The van der Waals surface area contributed by atoms with Crippen LogP contribution in [0.3, 0.4) is 0 Å². The van der Waals surface area contributed by atoms with Crippen molar-refractivity contribution in [1.29, 1.82) is 0 Å². The fourth-order valence-corrected chi connectivity index (χ4v) is 2.45. The standard InChI is InChI=1S/C12H21F3N2O2.ClH/c1-19-7-9(16)11(18)17-10(12(13,14)15)8-5-3-2-4-6-8;/h8-10H,2-7,16H2,1H3,(H,17,18);1H. The van der Waals surface area contributed by atoms with Gasteiger partial charge >= 0.3 is 6.18 Å². The number of nitrogens with two attached hydrogens (primary N) is 1. The van der Waals surface area contributed by atoms with Crippen molar-refractivity contribution in [1.82, 2.24) is 5.32 Å². The number of rotatable bonds is 5. The van der Waals surface area contributed by atoms with Gasteiger partial charge in [0.25, 0.3) is 0 Å². The normalized spacial score (nSPS) is 19.9. The number of halogens is 4. The highest BCUT2D eigenvalue weighted by atomic mass is 35.5. The van der Waals surface area contributed by atoms with E-state index < -0.39 is 30.1 Å². The Bertz CT molecular complexity index is 297. The minimum Gasteiger partial charge on any atom is -0.383 e. The maximum Gasteiger partial charge on any atom is 0.408 e. The molecule has 0 saturated heterocycles. The van der Waals surface area contributed by atoms with Crippen LogP contribution < -0.4 is 11.1 Å². The Balaban J connectivity index is 0.00000361. The molecule has 1 amide bonds. The highest BCUT2D eigenvalue weighted by molar-refractivity contribution is 5.85. The van der Waals surface area contributed by atoms with Crippen molar-refractivity contribution in [2.75, 3.05) is 13.7 Å². The summed E-state index contributed by atoms with van der Waals surface area (Å²) in [6.45, 7) is -0.0962. The molecular formula is C12H22ClF3N2O2. The molecular weight excluding hydrogens is 297 g/mol. The molecule has 3 N–H and O–H groups in total. The summed E-state index contributed by atoms with van der Waals surface area (Å²) in [7, 11) is 1.34. The molecule has 0 bridgehead atoms. The fraction of sp³-hybridized carbons (Fsp3) is 0.917. The fourth-order valence-electron chi connectivity index (χ4n) is 2.45. The Kier molecular flexibility index (Phi) is 8.46. The number of hydrogen-bond donors (Lipinski definition) is 2. The number of nitrogens with one attached hydrogen (secondary N) is 1.